The lowest BCUT2D eigenvalue weighted by Gasteiger charge is -2.32. The van der Waals surface area contributed by atoms with E-state index in [0.29, 0.717) is 5.92 Å². The molecule has 6 nitrogen and oxygen atoms in total. The monoisotopic (exact) mass is 320 g/mol. The molecule has 0 N–H and O–H groups in total. The number of hydrogen-bond donors (Lipinski definition) is 0. The van der Waals surface area contributed by atoms with E-state index in [4.69, 9.17) is 4.98 Å². The van der Waals surface area contributed by atoms with Crippen molar-refractivity contribution in [3.8, 4) is 11.5 Å². The lowest BCUT2D eigenvalue weighted by molar-refractivity contribution is 0.492. The van der Waals surface area contributed by atoms with Crippen LogP contribution in [0.15, 0.2) is 49.2 Å². The number of anilines is 1. The maximum Gasteiger partial charge on any atom is 0.159 e. The minimum atomic E-state index is 0.442. The van der Waals surface area contributed by atoms with Crippen LogP contribution in [0.3, 0.4) is 0 Å². The summed E-state index contributed by atoms with van der Waals surface area (Å²) in [5.74, 6) is 2.36. The highest BCUT2D eigenvalue weighted by Crippen LogP contribution is 2.29. The molecule has 24 heavy (non-hydrogen) atoms. The van der Waals surface area contributed by atoms with Crippen LogP contribution in [0.2, 0.25) is 0 Å². The zero-order valence-corrected chi connectivity index (χ0v) is 13.7. The van der Waals surface area contributed by atoms with Gasteiger partial charge in [0.2, 0.25) is 0 Å². The van der Waals surface area contributed by atoms with Crippen molar-refractivity contribution in [2.75, 3.05) is 18.0 Å². The largest absolute Gasteiger partial charge is 0.357 e. The van der Waals surface area contributed by atoms with Crippen molar-refractivity contribution < 1.29 is 0 Å². The molecule has 1 aliphatic rings. The number of hydrogen-bond acceptors (Lipinski definition) is 5. The molecule has 0 unspecified atom stereocenters. The SMILES string of the molecule is Cn1ccnc1-c1cncc(C2CCN(c3ccccn3)CC2)n1. The molecule has 1 fully saturated rings. The maximum atomic E-state index is 4.82. The van der Waals surface area contributed by atoms with Crippen molar-refractivity contribution in [3.05, 3.63) is 54.9 Å². The lowest BCUT2D eigenvalue weighted by Crippen LogP contribution is -2.33. The number of rotatable bonds is 3. The standard InChI is InChI=1S/C18H20N6/c1-23-11-8-21-18(23)16-13-19-12-15(22-16)14-5-9-24(10-6-14)17-4-2-3-7-20-17/h2-4,7-8,11-14H,5-6,9-10H2,1H3. The Hall–Kier alpha value is -2.76. The molecule has 0 bridgehead atoms. The van der Waals surface area contributed by atoms with Gasteiger partial charge in [0, 0.05) is 50.8 Å². The molecule has 4 rings (SSSR count). The van der Waals surface area contributed by atoms with E-state index >= 15 is 0 Å². The van der Waals surface area contributed by atoms with Gasteiger partial charge in [0.05, 0.1) is 11.9 Å². The first-order valence-corrected chi connectivity index (χ1v) is 8.27. The van der Waals surface area contributed by atoms with E-state index < -0.39 is 0 Å². The lowest BCUT2D eigenvalue weighted by atomic mass is 9.93. The van der Waals surface area contributed by atoms with Crippen LogP contribution in [0.25, 0.3) is 11.5 Å². The van der Waals surface area contributed by atoms with Gasteiger partial charge in [-0.1, -0.05) is 6.07 Å². The number of nitrogens with zero attached hydrogens (tertiary/aromatic N) is 6. The van der Waals surface area contributed by atoms with E-state index in [9.17, 15) is 0 Å². The van der Waals surface area contributed by atoms with Gasteiger partial charge in [-0.2, -0.15) is 0 Å². The summed E-state index contributed by atoms with van der Waals surface area (Å²) in [6, 6.07) is 6.06. The summed E-state index contributed by atoms with van der Waals surface area (Å²) in [7, 11) is 1.97. The fourth-order valence-corrected chi connectivity index (χ4v) is 3.24. The van der Waals surface area contributed by atoms with Gasteiger partial charge in [-0.25, -0.2) is 15.0 Å². The van der Waals surface area contributed by atoms with Gasteiger partial charge < -0.3 is 9.47 Å². The molecule has 0 aromatic carbocycles. The van der Waals surface area contributed by atoms with Gasteiger partial charge in [0.25, 0.3) is 0 Å². The summed E-state index contributed by atoms with van der Waals surface area (Å²) < 4.78 is 1.97. The van der Waals surface area contributed by atoms with Crippen LogP contribution in [0.4, 0.5) is 5.82 Å². The van der Waals surface area contributed by atoms with E-state index in [2.05, 4.69) is 25.9 Å². The average molecular weight is 320 g/mol. The third-order valence-corrected chi connectivity index (χ3v) is 4.59. The minimum Gasteiger partial charge on any atom is -0.357 e. The summed E-state index contributed by atoms with van der Waals surface area (Å²) in [5.41, 5.74) is 1.91. The number of aryl methyl sites for hydroxylation is 1. The van der Waals surface area contributed by atoms with Gasteiger partial charge in [0.15, 0.2) is 5.82 Å². The predicted octanol–water partition coefficient (Wildman–Crippen LogP) is 2.66. The Labute approximate surface area is 141 Å². The average Bonchev–Trinajstić information content (AvgIpc) is 3.09. The molecule has 1 saturated heterocycles. The van der Waals surface area contributed by atoms with E-state index in [1.54, 1.807) is 12.4 Å². The fraction of sp³-hybridized carbons (Fsp3) is 0.333. The number of pyridine rings is 1. The molecular weight excluding hydrogens is 300 g/mol. The number of piperidine rings is 1. The first-order valence-electron chi connectivity index (χ1n) is 8.27. The maximum absolute atomic E-state index is 4.82. The van der Waals surface area contributed by atoms with Crippen molar-refractivity contribution in [1.82, 2.24) is 24.5 Å². The molecular formula is C18H20N6. The number of aromatic nitrogens is 5. The Bertz CT molecular complexity index is 805. The van der Waals surface area contributed by atoms with Crippen LogP contribution in [0, 0.1) is 0 Å². The molecule has 0 aliphatic carbocycles. The van der Waals surface area contributed by atoms with Crippen LogP contribution < -0.4 is 4.90 Å². The second kappa shape index (κ2) is 6.39. The van der Waals surface area contributed by atoms with Crippen LogP contribution in [0.5, 0.6) is 0 Å². The van der Waals surface area contributed by atoms with Gasteiger partial charge in [0.1, 0.15) is 11.5 Å². The predicted molar refractivity (Wildman–Crippen MR) is 92.7 cm³/mol. The van der Waals surface area contributed by atoms with E-state index in [0.717, 1.165) is 49.0 Å². The smallest absolute Gasteiger partial charge is 0.159 e. The highest BCUT2D eigenvalue weighted by atomic mass is 15.2. The molecule has 1 aliphatic heterocycles. The molecule has 0 atom stereocenters. The van der Waals surface area contributed by atoms with E-state index in [-0.39, 0.29) is 0 Å². The molecule has 0 spiro atoms. The summed E-state index contributed by atoms with van der Waals surface area (Å²) in [4.78, 5) is 20.4. The zero-order chi connectivity index (χ0) is 16.4. The Kier molecular flexibility index (Phi) is 3.94. The summed E-state index contributed by atoms with van der Waals surface area (Å²) in [6.07, 6.45) is 11.4. The fourth-order valence-electron chi connectivity index (χ4n) is 3.24. The van der Waals surface area contributed by atoms with Crippen LogP contribution in [-0.2, 0) is 7.05 Å². The first-order chi connectivity index (χ1) is 11.8. The minimum absolute atomic E-state index is 0.442. The van der Waals surface area contributed by atoms with Crippen molar-refractivity contribution in [2.45, 2.75) is 18.8 Å². The Balaban J connectivity index is 1.49. The second-order valence-electron chi connectivity index (χ2n) is 6.14. The molecule has 122 valence electrons. The van der Waals surface area contributed by atoms with Crippen LogP contribution in [0.1, 0.15) is 24.5 Å². The number of imidazole rings is 1. The summed E-state index contributed by atoms with van der Waals surface area (Å²) >= 11 is 0. The highest BCUT2D eigenvalue weighted by molar-refractivity contribution is 5.48. The molecule has 3 aromatic rings. The van der Waals surface area contributed by atoms with Gasteiger partial charge in [-0.3, -0.25) is 4.98 Å². The Morgan fingerprint density at radius 2 is 1.92 bits per heavy atom. The summed E-state index contributed by atoms with van der Waals surface area (Å²) in [5, 5.41) is 0. The Morgan fingerprint density at radius 1 is 1.04 bits per heavy atom. The van der Waals surface area contributed by atoms with Crippen LogP contribution >= 0.6 is 0 Å². The van der Waals surface area contributed by atoms with Crippen molar-refractivity contribution >= 4 is 5.82 Å². The van der Waals surface area contributed by atoms with Gasteiger partial charge in [-0.15, -0.1) is 0 Å². The highest BCUT2D eigenvalue weighted by Gasteiger charge is 2.23. The van der Waals surface area contributed by atoms with Crippen molar-refractivity contribution in [1.29, 1.82) is 0 Å². The zero-order valence-electron chi connectivity index (χ0n) is 13.7. The summed E-state index contributed by atoms with van der Waals surface area (Å²) in [6.45, 7) is 1.99. The molecule has 0 radical (unpaired) electrons. The molecule has 3 aromatic heterocycles. The van der Waals surface area contributed by atoms with Gasteiger partial charge in [-0.05, 0) is 25.0 Å². The normalized spacial score (nSPS) is 15.6. The third-order valence-electron chi connectivity index (χ3n) is 4.59. The third kappa shape index (κ3) is 2.87. The van der Waals surface area contributed by atoms with E-state index in [1.807, 2.05) is 42.3 Å². The second-order valence-corrected chi connectivity index (χ2v) is 6.14. The van der Waals surface area contributed by atoms with Crippen molar-refractivity contribution in [2.24, 2.45) is 7.05 Å². The van der Waals surface area contributed by atoms with Gasteiger partial charge >= 0.3 is 0 Å². The van der Waals surface area contributed by atoms with Crippen molar-refractivity contribution in [3.63, 3.8) is 0 Å². The Morgan fingerprint density at radius 3 is 2.62 bits per heavy atom. The molecule has 0 amide bonds. The quantitative estimate of drug-likeness (QED) is 0.742. The molecule has 0 saturated carbocycles. The molecule has 4 heterocycles. The van der Waals surface area contributed by atoms with E-state index in [1.165, 1.54) is 0 Å². The molecule has 6 heteroatoms. The van der Waals surface area contributed by atoms with Crippen LogP contribution in [-0.4, -0.2) is 37.6 Å². The first kappa shape index (κ1) is 14.8. The topological polar surface area (TPSA) is 59.7 Å².